The third kappa shape index (κ3) is 5.07. The van der Waals surface area contributed by atoms with E-state index in [0.717, 1.165) is 11.0 Å². The molecule has 2 amide bonds. The molecule has 0 aliphatic carbocycles. The molecule has 9 heteroatoms. The van der Waals surface area contributed by atoms with E-state index in [1.54, 1.807) is 0 Å². The van der Waals surface area contributed by atoms with Crippen molar-refractivity contribution in [2.75, 3.05) is 32.1 Å². The first-order valence-corrected chi connectivity index (χ1v) is 6.63. The van der Waals surface area contributed by atoms with E-state index < -0.39 is 29.0 Å². The number of alkyl halides is 3. The first kappa shape index (κ1) is 19.2. The average Bonchev–Trinajstić information content (AvgIpc) is 2.47. The first-order chi connectivity index (χ1) is 10.5. The molecule has 0 bridgehead atoms. The van der Waals surface area contributed by atoms with Gasteiger partial charge in [-0.3, -0.25) is 0 Å². The number of aliphatic hydroxyl groups excluding tert-OH is 2. The molecule has 0 fully saturated rings. The van der Waals surface area contributed by atoms with Crippen molar-refractivity contribution in [3.05, 3.63) is 29.6 Å². The molecule has 1 aromatic rings. The maximum Gasteiger partial charge on any atom is 0.419 e. The van der Waals surface area contributed by atoms with E-state index in [9.17, 15) is 32.6 Å². The van der Waals surface area contributed by atoms with E-state index in [2.05, 4.69) is 5.32 Å². The molecule has 0 aliphatic heterocycles. The van der Waals surface area contributed by atoms with Gasteiger partial charge in [0.15, 0.2) is 0 Å². The van der Waals surface area contributed by atoms with Crippen LogP contribution in [0.25, 0.3) is 0 Å². The Labute approximate surface area is 130 Å². The van der Waals surface area contributed by atoms with Gasteiger partial charge in [-0.05, 0) is 18.2 Å². The number of nitrogens with one attached hydrogen (secondary N) is 1. The molecule has 0 atom stereocenters. The van der Waals surface area contributed by atoms with Gasteiger partial charge in [0.05, 0.1) is 18.8 Å². The fourth-order valence-electron chi connectivity index (χ4n) is 1.83. The van der Waals surface area contributed by atoms with E-state index in [1.807, 2.05) is 0 Å². The Morgan fingerprint density at radius 3 is 2.30 bits per heavy atom. The molecule has 0 radical (unpaired) electrons. The molecule has 23 heavy (non-hydrogen) atoms. The zero-order chi connectivity index (χ0) is 17.8. The van der Waals surface area contributed by atoms with Crippen LogP contribution in [0.3, 0.4) is 0 Å². The summed E-state index contributed by atoms with van der Waals surface area (Å²) in [6, 6.07) is 1.37. The fourth-order valence-corrected chi connectivity index (χ4v) is 1.83. The largest absolute Gasteiger partial charge is 0.419 e. The number of halogens is 4. The molecular weight excluding hydrogens is 320 g/mol. The monoisotopic (exact) mass is 338 g/mol. The number of nitrogens with zero attached hydrogens (tertiary/aromatic N) is 1. The molecule has 0 aromatic heterocycles. The Hall–Kier alpha value is -1.87. The summed E-state index contributed by atoms with van der Waals surface area (Å²) in [5, 5.41) is 20.6. The Morgan fingerprint density at radius 1 is 1.26 bits per heavy atom. The van der Waals surface area contributed by atoms with Crippen molar-refractivity contribution in [2.24, 2.45) is 5.41 Å². The number of benzene rings is 1. The highest BCUT2D eigenvalue weighted by Crippen LogP contribution is 2.33. The van der Waals surface area contributed by atoms with E-state index in [-0.39, 0.29) is 25.4 Å². The Bertz CT molecular complexity index is 559. The Kier molecular flexibility index (Phi) is 5.95. The van der Waals surface area contributed by atoms with Crippen LogP contribution in [0.15, 0.2) is 18.2 Å². The Morgan fingerprint density at radius 2 is 1.83 bits per heavy atom. The molecule has 0 unspecified atom stereocenters. The van der Waals surface area contributed by atoms with E-state index >= 15 is 0 Å². The minimum Gasteiger partial charge on any atom is -0.396 e. The van der Waals surface area contributed by atoms with Gasteiger partial charge in [-0.25, -0.2) is 9.18 Å². The summed E-state index contributed by atoms with van der Waals surface area (Å²) in [6.07, 6.45) is -4.87. The third-order valence-corrected chi connectivity index (χ3v) is 3.25. The number of rotatable bonds is 5. The molecule has 0 saturated carbocycles. The lowest BCUT2D eigenvalue weighted by Gasteiger charge is -2.30. The summed E-state index contributed by atoms with van der Waals surface area (Å²) in [7, 11) is 1.35. The topological polar surface area (TPSA) is 72.8 Å². The highest BCUT2D eigenvalue weighted by atomic mass is 19.4. The molecule has 1 aromatic carbocycles. The van der Waals surface area contributed by atoms with E-state index in [0.29, 0.717) is 12.1 Å². The van der Waals surface area contributed by atoms with Gasteiger partial charge >= 0.3 is 12.2 Å². The number of carbonyl (C=O) groups is 1. The summed E-state index contributed by atoms with van der Waals surface area (Å²) in [5.74, 6) is -1.43. The quantitative estimate of drug-likeness (QED) is 0.722. The molecule has 0 spiro atoms. The summed E-state index contributed by atoms with van der Waals surface area (Å²) >= 11 is 0. The van der Waals surface area contributed by atoms with Gasteiger partial charge in [0, 0.05) is 24.7 Å². The van der Waals surface area contributed by atoms with Crippen molar-refractivity contribution in [2.45, 2.75) is 13.1 Å². The van der Waals surface area contributed by atoms with Crippen molar-refractivity contribution >= 4 is 11.7 Å². The lowest BCUT2D eigenvalue weighted by atomic mass is 9.92. The molecule has 3 N–H and O–H groups in total. The SMILES string of the molecule is CN(CC(C)(CO)CO)C(=O)Nc1ccc(F)c(C(F)(F)F)c1. The third-order valence-electron chi connectivity index (χ3n) is 3.25. The lowest BCUT2D eigenvalue weighted by Crippen LogP contribution is -2.43. The first-order valence-electron chi connectivity index (χ1n) is 6.63. The van der Waals surface area contributed by atoms with Gasteiger partial charge in [-0.2, -0.15) is 13.2 Å². The van der Waals surface area contributed by atoms with Gasteiger partial charge in [0.25, 0.3) is 0 Å². The predicted molar refractivity (Wildman–Crippen MR) is 75.3 cm³/mol. The van der Waals surface area contributed by atoms with Crippen molar-refractivity contribution in [1.29, 1.82) is 0 Å². The number of hydrogen-bond donors (Lipinski definition) is 3. The summed E-state index contributed by atoms with van der Waals surface area (Å²) in [4.78, 5) is 13.0. The van der Waals surface area contributed by atoms with Gasteiger partial charge < -0.3 is 20.4 Å². The second-order valence-corrected chi connectivity index (χ2v) is 5.61. The number of carbonyl (C=O) groups excluding carboxylic acids is 1. The van der Waals surface area contributed by atoms with Crippen LogP contribution >= 0.6 is 0 Å². The molecule has 130 valence electrons. The van der Waals surface area contributed by atoms with Crippen LogP contribution in [0.5, 0.6) is 0 Å². The summed E-state index contributed by atoms with van der Waals surface area (Å²) in [6.45, 7) is 0.751. The minimum atomic E-state index is -4.87. The zero-order valence-electron chi connectivity index (χ0n) is 12.6. The van der Waals surface area contributed by atoms with Gasteiger partial charge in [0.2, 0.25) is 0 Å². The van der Waals surface area contributed by atoms with Crippen LogP contribution in [0.2, 0.25) is 0 Å². The number of anilines is 1. The smallest absolute Gasteiger partial charge is 0.396 e. The second-order valence-electron chi connectivity index (χ2n) is 5.61. The number of amides is 2. The van der Waals surface area contributed by atoms with Crippen LogP contribution in [-0.4, -0.2) is 48.0 Å². The fraction of sp³-hybridized carbons (Fsp3) is 0.500. The summed E-state index contributed by atoms with van der Waals surface area (Å²) < 4.78 is 51.0. The highest BCUT2D eigenvalue weighted by Gasteiger charge is 2.34. The van der Waals surface area contributed by atoms with Gasteiger partial charge in [0.1, 0.15) is 5.82 Å². The van der Waals surface area contributed by atoms with Crippen LogP contribution in [0.4, 0.5) is 28.0 Å². The maximum absolute atomic E-state index is 13.2. The molecule has 0 heterocycles. The minimum absolute atomic E-state index is 0.0286. The van der Waals surface area contributed by atoms with Crippen LogP contribution in [0.1, 0.15) is 12.5 Å². The number of hydrogen-bond acceptors (Lipinski definition) is 3. The van der Waals surface area contributed by atoms with Gasteiger partial charge in [-0.15, -0.1) is 0 Å². The maximum atomic E-state index is 13.2. The van der Waals surface area contributed by atoms with Gasteiger partial charge in [-0.1, -0.05) is 6.92 Å². The molecule has 0 aliphatic rings. The standard InChI is InChI=1S/C14H18F4N2O3/c1-13(7-21,8-22)6-20(2)12(23)19-9-3-4-11(15)10(5-9)14(16,17)18/h3-5,21-22H,6-8H2,1-2H3,(H,19,23). The highest BCUT2D eigenvalue weighted by molar-refractivity contribution is 5.89. The predicted octanol–water partition coefficient (Wildman–Crippen LogP) is 2.30. The molecular formula is C14H18F4N2O3. The van der Waals surface area contributed by atoms with E-state index in [1.165, 1.54) is 14.0 Å². The molecule has 5 nitrogen and oxygen atoms in total. The van der Waals surface area contributed by atoms with Crippen molar-refractivity contribution < 1.29 is 32.6 Å². The van der Waals surface area contributed by atoms with Crippen molar-refractivity contribution in [3.8, 4) is 0 Å². The van der Waals surface area contributed by atoms with Crippen molar-refractivity contribution in [1.82, 2.24) is 4.90 Å². The van der Waals surface area contributed by atoms with E-state index in [4.69, 9.17) is 0 Å². The van der Waals surface area contributed by atoms with Crippen LogP contribution in [0, 0.1) is 11.2 Å². The Balaban J connectivity index is 2.86. The molecule has 0 saturated heterocycles. The lowest BCUT2D eigenvalue weighted by molar-refractivity contribution is -0.139. The van der Waals surface area contributed by atoms with Crippen LogP contribution < -0.4 is 5.32 Å². The zero-order valence-corrected chi connectivity index (χ0v) is 12.6. The number of urea groups is 1. The second kappa shape index (κ2) is 7.14. The van der Waals surface area contributed by atoms with Crippen LogP contribution in [-0.2, 0) is 6.18 Å². The normalized spacial score (nSPS) is 12.2. The van der Waals surface area contributed by atoms with Crippen molar-refractivity contribution in [3.63, 3.8) is 0 Å². The average molecular weight is 338 g/mol. The number of aliphatic hydroxyl groups is 2. The molecule has 1 rings (SSSR count). The summed E-state index contributed by atoms with van der Waals surface area (Å²) in [5.41, 5.74) is -2.65.